The molecule has 1 aliphatic heterocycles. The van der Waals surface area contributed by atoms with E-state index in [2.05, 4.69) is 22.2 Å². The minimum Gasteiger partial charge on any atom is -0.381 e. The van der Waals surface area contributed by atoms with Gasteiger partial charge in [-0.3, -0.25) is 9.97 Å². The van der Waals surface area contributed by atoms with Gasteiger partial charge in [0.1, 0.15) is 0 Å². The molecule has 1 aromatic heterocycles. The van der Waals surface area contributed by atoms with Crippen LogP contribution in [0.25, 0.3) is 0 Å². The summed E-state index contributed by atoms with van der Waals surface area (Å²) >= 11 is 0. The highest BCUT2D eigenvalue weighted by molar-refractivity contribution is 5.07. The van der Waals surface area contributed by atoms with E-state index in [1.165, 1.54) is 0 Å². The van der Waals surface area contributed by atoms with Crippen LogP contribution in [-0.2, 0) is 4.74 Å². The molecule has 2 unspecified atom stereocenters. The van der Waals surface area contributed by atoms with Crippen LogP contribution in [0.2, 0.25) is 0 Å². The molecule has 0 saturated carbocycles. The van der Waals surface area contributed by atoms with Gasteiger partial charge in [-0.05, 0) is 19.9 Å². The molecule has 2 heterocycles. The fraction of sp³-hybridized carbons (Fsp3) is 0.667. The summed E-state index contributed by atoms with van der Waals surface area (Å²) in [4.78, 5) is 8.77. The second-order valence-corrected chi connectivity index (χ2v) is 4.24. The molecule has 1 N–H and O–H groups in total. The van der Waals surface area contributed by atoms with Gasteiger partial charge in [0.2, 0.25) is 0 Å². The van der Waals surface area contributed by atoms with Crippen LogP contribution < -0.4 is 5.32 Å². The van der Waals surface area contributed by atoms with E-state index in [-0.39, 0.29) is 6.04 Å². The summed E-state index contributed by atoms with van der Waals surface area (Å²) in [5.74, 6) is 0.525. The van der Waals surface area contributed by atoms with Crippen LogP contribution in [0.5, 0.6) is 0 Å². The summed E-state index contributed by atoms with van der Waals surface area (Å²) < 4.78 is 5.44. The zero-order valence-electron chi connectivity index (χ0n) is 9.94. The molecule has 1 aliphatic rings. The molecule has 0 spiro atoms. The van der Waals surface area contributed by atoms with E-state index in [4.69, 9.17) is 4.74 Å². The van der Waals surface area contributed by atoms with Gasteiger partial charge >= 0.3 is 0 Å². The Labute approximate surface area is 96.4 Å². The summed E-state index contributed by atoms with van der Waals surface area (Å²) in [5.41, 5.74) is 1.99. The SMILES string of the molecule is CCNC(c1cnc(C)cn1)C1CCOC1. The molecular formula is C12H19N3O. The van der Waals surface area contributed by atoms with Crippen molar-refractivity contribution in [1.82, 2.24) is 15.3 Å². The zero-order chi connectivity index (χ0) is 11.4. The van der Waals surface area contributed by atoms with Crippen LogP contribution in [0.1, 0.15) is 30.8 Å². The Morgan fingerprint density at radius 3 is 2.94 bits per heavy atom. The van der Waals surface area contributed by atoms with Crippen LogP contribution in [-0.4, -0.2) is 29.7 Å². The number of nitrogens with zero attached hydrogens (tertiary/aromatic N) is 2. The maximum atomic E-state index is 5.44. The first-order valence-corrected chi connectivity index (χ1v) is 5.91. The number of nitrogens with one attached hydrogen (secondary N) is 1. The zero-order valence-corrected chi connectivity index (χ0v) is 9.94. The minimum atomic E-state index is 0.278. The normalized spacial score (nSPS) is 22.2. The third kappa shape index (κ3) is 2.57. The molecule has 1 aromatic rings. The summed E-state index contributed by atoms with van der Waals surface area (Å²) in [7, 11) is 0. The lowest BCUT2D eigenvalue weighted by Crippen LogP contribution is -2.29. The van der Waals surface area contributed by atoms with Crippen molar-refractivity contribution in [1.29, 1.82) is 0 Å². The molecule has 1 fully saturated rings. The van der Waals surface area contributed by atoms with Gasteiger partial charge in [0.05, 0.1) is 30.2 Å². The Bertz CT molecular complexity index is 320. The van der Waals surface area contributed by atoms with Crippen molar-refractivity contribution in [3.63, 3.8) is 0 Å². The molecule has 0 radical (unpaired) electrons. The average Bonchev–Trinajstić information content (AvgIpc) is 2.81. The van der Waals surface area contributed by atoms with Crippen molar-refractivity contribution < 1.29 is 4.74 Å². The van der Waals surface area contributed by atoms with Crippen LogP contribution in [0, 0.1) is 12.8 Å². The van der Waals surface area contributed by atoms with Crippen LogP contribution in [0.3, 0.4) is 0 Å². The molecule has 0 bridgehead atoms. The van der Waals surface area contributed by atoms with Gasteiger partial charge in [-0.1, -0.05) is 6.92 Å². The number of aryl methyl sites for hydroxylation is 1. The van der Waals surface area contributed by atoms with Crippen molar-refractivity contribution in [3.8, 4) is 0 Å². The van der Waals surface area contributed by atoms with Gasteiger partial charge in [0.25, 0.3) is 0 Å². The van der Waals surface area contributed by atoms with Gasteiger partial charge in [-0.25, -0.2) is 0 Å². The predicted octanol–water partition coefficient (Wildman–Crippen LogP) is 1.47. The van der Waals surface area contributed by atoms with E-state index in [0.717, 1.165) is 37.6 Å². The quantitative estimate of drug-likeness (QED) is 0.836. The second-order valence-electron chi connectivity index (χ2n) is 4.24. The van der Waals surface area contributed by atoms with Crippen molar-refractivity contribution >= 4 is 0 Å². The highest BCUT2D eigenvalue weighted by Crippen LogP contribution is 2.27. The third-order valence-corrected chi connectivity index (χ3v) is 2.98. The summed E-state index contributed by atoms with van der Waals surface area (Å²) in [5, 5.41) is 3.48. The molecule has 2 rings (SSSR count). The van der Waals surface area contributed by atoms with Crippen LogP contribution >= 0.6 is 0 Å². The number of rotatable bonds is 4. The lowest BCUT2D eigenvalue weighted by Gasteiger charge is -2.22. The highest BCUT2D eigenvalue weighted by Gasteiger charge is 2.27. The fourth-order valence-corrected chi connectivity index (χ4v) is 2.11. The summed E-state index contributed by atoms with van der Waals surface area (Å²) in [6.07, 6.45) is 4.81. The molecule has 0 aliphatic carbocycles. The Kier molecular flexibility index (Phi) is 3.85. The smallest absolute Gasteiger partial charge is 0.0760 e. The molecule has 4 heteroatoms. The Balaban J connectivity index is 2.14. The van der Waals surface area contributed by atoms with Gasteiger partial charge in [-0.2, -0.15) is 0 Å². The van der Waals surface area contributed by atoms with Gasteiger partial charge < -0.3 is 10.1 Å². The van der Waals surface area contributed by atoms with Crippen LogP contribution in [0.15, 0.2) is 12.4 Å². The van der Waals surface area contributed by atoms with E-state index in [1.54, 1.807) is 0 Å². The largest absolute Gasteiger partial charge is 0.381 e. The average molecular weight is 221 g/mol. The highest BCUT2D eigenvalue weighted by atomic mass is 16.5. The number of aromatic nitrogens is 2. The number of ether oxygens (including phenoxy) is 1. The fourth-order valence-electron chi connectivity index (χ4n) is 2.11. The van der Waals surface area contributed by atoms with Crippen molar-refractivity contribution in [3.05, 3.63) is 23.8 Å². The standard InChI is InChI=1S/C12H19N3O/c1-3-13-12(10-4-5-16-8-10)11-7-14-9(2)6-15-11/h6-7,10,12-13H,3-5,8H2,1-2H3. The third-order valence-electron chi connectivity index (χ3n) is 2.98. The molecule has 2 atom stereocenters. The number of hydrogen-bond donors (Lipinski definition) is 1. The van der Waals surface area contributed by atoms with E-state index in [0.29, 0.717) is 5.92 Å². The Hall–Kier alpha value is -1.00. The minimum absolute atomic E-state index is 0.278. The van der Waals surface area contributed by atoms with Crippen molar-refractivity contribution in [2.45, 2.75) is 26.3 Å². The molecule has 4 nitrogen and oxygen atoms in total. The Morgan fingerprint density at radius 2 is 2.38 bits per heavy atom. The molecule has 0 aromatic carbocycles. The predicted molar refractivity (Wildman–Crippen MR) is 62.1 cm³/mol. The monoisotopic (exact) mass is 221 g/mol. The van der Waals surface area contributed by atoms with Crippen molar-refractivity contribution in [2.75, 3.05) is 19.8 Å². The second kappa shape index (κ2) is 5.37. The summed E-state index contributed by atoms with van der Waals surface area (Å²) in [6, 6.07) is 0.278. The van der Waals surface area contributed by atoms with E-state index in [1.807, 2.05) is 19.3 Å². The first-order chi connectivity index (χ1) is 7.81. The number of hydrogen-bond acceptors (Lipinski definition) is 4. The first-order valence-electron chi connectivity index (χ1n) is 5.91. The summed E-state index contributed by atoms with van der Waals surface area (Å²) in [6.45, 7) is 6.71. The Morgan fingerprint density at radius 1 is 1.50 bits per heavy atom. The van der Waals surface area contributed by atoms with Crippen LogP contribution in [0.4, 0.5) is 0 Å². The lowest BCUT2D eigenvalue weighted by atomic mass is 9.96. The lowest BCUT2D eigenvalue weighted by molar-refractivity contribution is 0.176. The van der Waals surface area contributed by atoms with Gasteiger partial charge in [-0.15, -0.1) is 0 Å². The van der Waals surface area contributed by atoms with E-state index in [9.17, 15) is 0 Å². The molecular weight excluding hydrogens is 202 g/mol. The first kappa shape index (κ1) is 11.5. The maximum absolute atomic E-state index is 5.44. The van der Waals surface area contributed by atoms with E-state index >= 15 is 0 Å². The topological polar surface area (TPSA) is 47.0 Å². The van der Waals surface area contributed by atoms with Gasteiger partial charge in [0.15, 0.2) is 0 Å². The van der Waals surface area contributed by atoms with Gasteiger partial charge in [0, 0.05) is 18.7 Å². The molecule has 16 heavy (non-hydrogen) atoms. The van der Waals surface area contributed by atoms with Crippen molar-refractivity contribution in [2.24, 2.45) is 5.92 Å². The maximum Gasteiger partial charge on any atom is 0.0760 e. The molecule has 1 saturated heterocycles. The molecule has 88 valence electrons. The molecule has 0 amide bonds. The van der Waals surface area contributed by atoms with E-state index < -0.39 is 0 Å².